The first-order valence-corrected chi connectivity index (χ1v) is 7.25. The summed E-state index contributed by atoms with van der Waals surface area (Å²) in [7, 11) is 0. The molecular weight excluding hydrogens is 212 g/mol. The summed E-state index contributed by atoms with van der Waals surface area (Å²) in [5.41, 5.74) is 5.85. The van der Waals surface area contributed by atoms with Crippen LogP contribution in [0.3, 0.4) is 0 Å². The van der Waals surface area contributed by atoms with Crippen LogP contribution < -0.4 is 11.1 Å². The largest absolute Gasteiger partial charge is 0.352 e. The average molecular weight is 240 g/mol. The number of nitrogens with two attached hydrogens (primary N) is 1. The van der Waals surface area contributed by atoms with E-state index in [-0.39, 0.29) is 11.9 Å². The van der Waals surface area contributed by atoms with E-state index < -0.39 is 0 Å². The van der Waals surface area contributed by atoms with E-state index in [0.29, 0.717) is 12.0 Å². The third kappa shape index (κ3) is 4.66. The molecule has 1 fully saturated rings. The Morgan fingerprint density at radius 3 is 2.47 bits per heavy atom. The predicted molar refractivity (Wildman–Crippen MR) is 71.7 cm³/mol. The zero-order valence-corrected chi connectivity index (χ0v) is 11.4. The molecule has 0 aliphatic heterocycles. The van der Waals surface area contributed by atoms with E-state index in [0.717, 1.165) is 19.3 Å². The van der Waals surface area contributed by atoms with Crippen molar-refractivity contribution in [3.05, 3.63) is 0 Å². The number of amides is 1. The van der Waals surface area contributed by atoms with E-state index in [1.54, 1.807) is 0 Å². The van der Waals surface area contributed by atoms with Crippen molar-refractivity contribution in [2.45, 2.75) is 77.3 Å². The molecule has 3 nitrogen and oxygen atoms in total. The summed E-state index contributed by atoms with van der Waals surface area (Å²) in [6.45, 7) is 4.22. The Labute approximate surface area is 106 Å². The molecule has 0 heterocycles. The molecule has 1 unspecified atom stereocenters. The van der Waals surface area contributed by atoms with Gasteiger partial charge < -0.3 is 11.1 Å². The number of carbonyl (C=O) groups is 1. The molecule has 1 amide bonds. The summed E-state index contributed by atoms with van der Waals surface area (Å²) in [6, 6.07) is 0.0170. The highest BCUT2D eigenvalue weighted by atomic mass is 16.2. The molecule has 3 N–H and O–H groups in total. The second-order valence-corrected chi connectivity index (χ2v) is 5.32. The lowest BCUT2D eigenvalue weighted by Gasteiger charge is -2.31. The SMILES string of the molecule is CCC[C@H](N)C(=O)NC(CC)C1CCCCC1. The van der Waals surface area contributed by atoms with Crippen LogP contribution in [0.4, 0.5) is 0 Å². The van der Waals surface area contributed by atoms with Crippen LogP contribution >= 0.6 is 0 Å². The summed E-state index contributed by atoms with van der Waals surface area (Å²) >= 11 is 0. The van der Waals surface area contributed by atoms with Gasteiger partial charge in [-0.05, 0) is 31.6 Å². The minimum Gasteiger partial charge on any atom is -0.352 e. The van der Waals surface area contributed by atoms with Gasteiger partial charge in [-0.2, -0.15) is 0 Å². The van der Waals surface area contributed by atoms with Gasteiger partial charge in [-0.25, -0.2) is 0 Å². The van der Waals surface area contributed by atoms with Crippen LogP contribution in [0.15, 0.2) is 0 Å². The molecule has 1 saturated carbocycles. The fraction of sp³-hybridized carbons (Fsp3) is 0.929. The topological polar surface area (TPSA) is 55.1 Å². The summed E-state index contributed by atoms with van der Waals surface area (Å²) in [6.07, 6.45) is 9.30. The van der Waals surface area contributed by atoms with Crippen LogP contribution in [0.1, 0.15) is 65.2 Å². The molecule has 3 heteroatoms. The van der Waals surface area contributed by atoms with Gasteiger partial charge in [0, 0.05) is 6.04 Å². The molecule has 1 aliphatic carbocycles. The first-order valence-electron chi connectivity index (χ1n) is 7.25. The van der Waals surface area contributed by atoms with Crippen molar-refractivity contribution in [2.24, 2.45) is 11.7 Å². The maximum atomic E-state index is 11.9. The van der Waals surface area contributed by atoms with Crippen LogP contribution in [-0.2, 0) is 4.79 Å². The Morgan fingerprint density at radius 1 is 1.29 bits per heavy atom. The third-order valence-electron chi connectivity index (χ3n) is 3.92. The van der Waals surface area contributed by atoms with Crippen LogP contribution in [-0.4, -0.2) is 18.0 Å². The van der Waals surface area contributed by atoms with Gasteiger partial charge in [0.1, 0.15) is 0 Å². The van der Waals surface area contributed by atoms with Crippen molar-refractivity contribution in [3.8, 4) is 0 Å². The zero-order valence-electron chi connectivity index (χ0n) is 11.4. The quantitative estimate of drug-likeness (QED) is 0.750. The molecule has 2 atom stereocenters. The van der Waals surface area contributed by atoms with Crippen molar-refractivity contribution in [2.75, 3.05) is 0 Å². The van der Waals surface area contributed by atoms with Crippen LogP contribution in [0.2, 0.25) is 0 Å². The third-order valence-corrected chi connectivity index (χ3v) is 3.92. The lowest BCUT2D eigenvalue weighted by molar-refractivity contribution is -0.123. The summed E-state index contributed by atoms with van der Waals surface area (Å²) in [5, 5.41) is 3.16. The molecule has 1 aliphatic rings. The van der Waals surface area contributed by atoms with E-state index in [1.165, 1.54) is 32.1 Å². The van der Waals surface area contributed by atoms with Gasteiger partial charge in [-0.15, -0.1) is 0 Å². The van der Waals surface area contributed by atoms with Gasteiger partial charge >= 0.3 is 0 Å². The van der Waals surface area contributed by atoms with E-state index in [2.05, 4.69) is 19.2 Å². The molecule has 0 aromatic carbocycles. The van der Waals surface area contributed by atoms with Crippen molar-refractivity contribution in [1.29, 1.82) is 0 Å². The smallest absolute Gasteiger partial charge is 0.237 e. The maximum absolute atomic E-state index is 11.9. The Kier molecular flexibility index (Phi) is 6.56. The molecule has 0 bridgehead atoms. The second kappa shape index (κ2) is 7.70. The lowest BCUT2D eigenvalue weighted by Crippen LogP contribution is -2.48. The molecule has 0 saturated heterocycles. The minimum atomic E-state index is -0.322. The Morgan fingerprint density at radius 2 is 1.94 bits per heavy atom. The molecular formula is C14H28N2O. The van der Waals surface area contributed by atoms with Gasteiger partial charge in [0.2, 0.25) is 5.91 Å². The summed E-state index contributed by atoms with van der Waals surface area (Å²) < 4.78 is 0. The van der Waals surface area contributed by atoms with Crippen molar-refractivity contribution in [1.82, 2.24) is 5.32 Å². The van der Waals surface area contributed by atoms with Crippen molar-refractivity contribution >= 4 is 5.91 Å². The Bertz CT molecular complexity index is 224. The number of nitrogens with one attached hydrogen (secondary N) is 1. The van der Waals surface area contributed by atoms with Crippen LogP contribution in [0, 0.1) is 5.92 Å². The maximum Gasteiger partial charge on any atom is 0.237 e. The molecule has 0 aromatic heterocycles. The fourth-order valence-corrected chi connectivity index (χ4v) is 2.82. The molecule has 0 spiro atoms. The van der Waals surface area contributed by atoms with Gasteiger partial charge in [0.25, 0.3) is 0 Å². The molecule has 100 valence electrons. The van der Waals surface area contributed by atoms with Crippen molar-refractivity contribution < 1.29 is 4.79 Å². The fourth-order valence-electron chi connectivity index (χ4n) is 2.82. The van der Waals surface area contributed by atoms with E-state index >= 15 is 0 Å². The van der Waals surface area contributed by atoms with E-state index in [4.69, 9.17) is 5.73 Å². The number of hydrogen-bond acceptors (Lipinski definition) is 2. The van der Waals surface area contributed by atoms with Gasteiger partial charge in [-0.3, -0.25) is 4.79 Å². The Hall–Kier alpha value is -0.570. The second-order valence-electron chi connectivity index (χ2n) is 5.32. The highest BCUT2D eigenvalue weighted by Gasteiger charge is 2.25. The van der Waals surface area contributed by atoms with E-state index in [9.17, 15) is 4.79 Å². The molecule has 0 radical (unpaired) electrons. The summed E-state index contributed by atoms with van der Waals surface area (Å²) in [5.74, 6) is 0.718. The first kappa shape index (κ1) is 14.5. The normalized spacial score (nSPS) is 20.9. The van der Waals surface area contributed by atoms with Gasteiger partial charge in [0.05, 0.1) is 6.04 Å². The van der Waals surface area contributed by atoms with Crippen molar-refractivity contribution in [3.63, 3.8) is 0 Å². The standard InChI is InChI=1S/C14H28N2O/c1-3-8-12(15)14(17)16-13(4-2)11-9-6-5-7-10-11/h11-13H,3-10,15H2,1-2H3,(H,16,17)/t12-,13?/m0/s1. The predicted octanol–water partition coefficient (Wildman–Crippen LogP) is 2.59. The average Bonchev–Trinajstić information content (AvgIpc) is 2.37. The molecule has 1 rings (SSSR count). The highest BCUT2D eigenvalue weighted by Crippen LogP contribution is 2.27. The zero-order chi connectivity index (χ0) is 12.7. The summed E-state index contributed by atoms with van der Waals surface area (Å²) in [4.78, 5) is 11.9. The van der Waals surface area contributed by atoms with E-state index in [1.807, 2.05) is 0 Å². The number of rotatable bonds is 6. The van der Waals surface area contributed by atoms with Gasteiger partial charge in [0.15, 0.2) is 0 Å². The van der Waals surface area contributed by atoms with Gasteiger partial charge in [-0.1, -0.05) is 39.5 Å². The number of carbonyl (C=O) groups excluding carboxylic acids is 1. The number of hydrogen-bond donors (Lipinski definition) is 2. The first-order chi connectivity index (χ1) is 8.19. The lowest BCUT2D eigenvalue weighted by atomic mass is 9.83. The Balaban J connectivity index is 2.42. The molecule has 17 heavy (non-hydrogen) atoms. The van der Waals surface area contributed by atoms with Crippen LogP contribution in [0.5, 0.6) is 0 Å². The molecule has 0 aromatic rings. The highest BCUT2D eigenvalue weighted by molar-refractivity contribution is 5.81. The minimum absolute atomic E-state index is 0.0456. The van der Waals surface area contributed by atoms with Crippen LogP contribution in [0.25, 0.3) is 0 Å². The monoisotopic (exact) mass is 240 g/mol.